The Morgan fingerprint density at radius 2 is 2.23 bits per heavy atom. The Labute approximate surface area is 79.6 Å². The minimum atomic E-state index is -0.534. The molecule has 0 heterocycles. The summed E-state index contributed by atoms with van der Waals surface area (Å²) in [7, 11) is 0. The van der Waals surface area contributed by atoms with Gasteiger partial charge < -0.3 is 5.11 Å². The van der Waals surface area contributed by atoms with Gasteiger partial charge in [-0.1, -0.05) is 19.9 Å². The Hall–Kier alpha value is -0.630. The van der Waals surface area contributed by atoms with Crippen LogP contribution in [0.3, 0.4) is 0 Å². The molecule has 74 valence electrons. The molecule has 0 radical (unpaired) electrons. The first kappa shape index (κ1) is 10.5. The maximum Gasteiger partial charge on any atom is 0.161 e. The standard InChI is InChI=1S/C11H18O2/c1-8(2)7-11(13)9-5-3-4-6-10(9)12/h5,8,11,13H,3-4,6-7H2,1-2H3/t11-/m1/s1. The first-order chi connectivity index (χ1) is 6.11. The van der Waals surface area contributed by atoms with Gasteiger partial charge in [-0.2, -0.15) is 0 Å². The van der Waals surface area contributed by atoms with Crippen molar-refractivity contribution in [3.8, 4) is 0 Å². The Morgan fingerprint density at radius 1 is 1.54 bits per heavy atom. The van der Waals surface area contributed by atoms with E-state index in [9.17, 15) is 9.90 Å². The van der Waals surface area contributed by atoms with Gasteiger partial charge in [-0.15, -0.1) is 0 Å². The molecule has 1 atom stereocenters. The van der Waals surface area contributed by atoms with Crippen LogP contribution in [0, 0.1) is 5.92 Å². The second-order valence-electron chi connectivity index (χ2n) is 4.12. The van der Waals surface area contributed by atoms with Gasteiger partial charge in [0.25, 0.3) is 0 Å². The van der Waals surface area contributed by atoms with Crippen LogP contribution >= 0.6 is 0 Å². The highest BCUT2D eigenvalue weighted by atomic mass is 16.3. The minimum absolute atomic E-state index is 0.138. The van der Waals surface area contributed by atoms with Crippen LogP contribution < -0.4 is 0 Å². The van der Waals surface area contributed by atoms with Gasteiger partial charge in [0, 0.05) is 12.0 Å². The molecule has 0 unspecified atom stereocenters. The summed E-state index contributed by atoms with van der Waals surface area (Å²) in [6.45, 7) is 4.11. The van der Waals surface area contributed by atoms with Gasteiger partial charge in [0.1, 0.15) is 0 Å². The lowest BCUT2D eigenvalue weighted by Gasteiger charge is -2.18. The Balaban J connectivity index is 2.58. The molecule has 0 saturated heterocycles. The van der Waals surface area contributed by atoms with Gasteiger partial charge in [-0.3, -0.25) is 4.79 Å². The van der Waals surface area contributed by atoms with Crippen LogP contribution in [0.1, 0.15) is 39.5 Å². The summed E-state index contributed by atoms with van der Waals surface area (Å²) in [5, 5.41) is 9.73. The number of hydrogen-bond donors (Lipinski definition) is 1. The fourth-order valence-corrected chi connectivity index (χ4v) is 1.67. The number of aliphatic hydroxyl groups excluding tert-OH is 1. The van der Waals surface area contributed by atoms with Crippen LogP contribution in [-0.2, 0) is 4.79 Å². The van der Waals surface area contributed by atoms with Gasteiger partial charge >= 0.3 is 0 Å². The maximum absolute atomic E-state index is 11.4. The van der Waals surface area contributed by atoms with Crippen molar-refractivity contribution in [3.63, 3.8) is 0 Å². The average molecular weight is 182 g/mol. The normalized spacial score (nSPS) is 20.3. The molecule has 1 rings (SSSR count). The summed E-state index contributed by atoms with van der Waals surface area (Å²) in [6, 6.07) is 0. The third-order valence-corrected chi connectivity index (χ3v) is 2.35. The van der Waals surface area contributed by atoms with E-state index in [2.05, 4.69) is 13.8 Å². The van der Waals surface area contributed by atoms with Crippen molar-refractivity contribution in [1.29, 1.82) is 0 Å². The van der Waals surface area contributed by atoms with E-state index in [1.54, 1.807) is 0 Å². The number of aliphatic hydroxyl groups is 1. The number of ketones is 1. The van der Waals surface area contributed by atoms with Gasteiger partial charge in [0.15, 0.2) is 5.78 Å². The molecule has 0 bridgehead atoms. The number of hydrogen-bond acceptors (Lipinski definition) is 2. The summed E-state index contributed by atoms with van der Waals surface area (Å²) < 4.78 is 0. The van der Waals surface area contributed by atoms with Crippen molar-refractivity contribution in [3.05, 3.63) is 11.6 Å². The number of carbonyl (C=O) groups excluding carboxylic acids is 1. The van der Waals surface area contributed by atoms with Crippen molar-refractivity contribution >= 4 is 5.78 Å². The molecule has 2 nitrogen and oxygen atoms in total. The lowest BCUT2D eigenvalue weighted by molar-refractivity contribution is -0.117. The number of allylic oxidation sites excluding steroid dienone is 1. The number of rotatable bonds is 3. The SMILES string of the molecule is CC(C)C[C@@H](O)C1=CCCCC1=O. The topological polar surface area (TPSA) is 37.3 Å². The Bertz CT molecular complexity index is 216. The zero-order valence-corrected chi connectivity index (χ0v) is 8.42. The predicted molar refractivity (Wildman–Crippen MR) is 52.4 cm³/mol. The van der Waals surface area contributed by atoms with Gasteiger partial charge in [0.05, 0.1) is 6.10 Å². The first-order valence-corrected chi connectivity index (χ1v) is 5.02. The zero-order chi connectivity index (χ0) is 9.84. The highest BCUT2D eigenvalue weighted by molar-refractivity contribution is 5.96. The average Bonchev–Trinajstić information content (AvgIpc) is 2.03. The van der Waals surface area contributed by atoms with Crippen molar-refractivity contribution in [2.45, 2.75) is 45.6 Å². The van der Waals surface area contributed by atoms with Crippen LogP contribution in [0.25, 0.3) is 0 Å². The fraction of sp³-hybridized carbons (Fsp3) is 0.727. The molecule has 2 heteroatoms. The molecule has 0 saturated carbocycles. The highest BCUT2D eigenvalue weighted by Crippen LogP contribution is 2.20. The molecule has 0 amide bonds. The van der Waals surface area contributed by atoms with Gasteiger partial charge in [0.2, 0.25) is 0 Å². The lowest BCUT2D eigenvalue weighted by Crippen LogP contribution is -2.21. The van der Waals surface area contributed by atoms with Crippen molar-refractivity contribution in [2.24, 2.45) is 5.92 Å². The van der Waals surface area contributed by atoms with Crippen LogP contribution in [0.15, 0.2) is 11.6 Å². The number of Topliss-reactive ketones (excluding diaryl/α,β-unsaturated/α-hetero) is 1. The summed E-state index contributed by atoms with van der Waals surface area (Å²) >= 11 is 0. The van der Waals surface area contributed by atoms with E-state index in [1.165, 1.54) is 0 Å². The minimum Gasteiger partial charge on any atom is -0.388 e. The van der Waals surface area contributed by atoms with E-state index in [4.69, 9.17) is 0 Å². The third-order valence-electron chi connectivity index (χ3n) is 2.35. The summed E-state index contributed by atoms with van der Waals surface area (Å²) in [5.74, 6) is 0.574. The monoisotopic (exact) mass is 182 g/mol. The van der Waals surface area contributed by atoms with Crippen LogP contribution in [0.4, 0.5) is 0 Å². The van der Waals surface area contributed by atoms with E-state index in [-0.39, 0.29) is 5.78 Å². The van der Waals surface area contributed by atoms with Crippen LogP contribution in [0.2, 0.25) is 0 Å². The van der Waals surface area contributed by atoms with Crippen LogP contribution in [0.5, 0.6) is 0 Å². The smallest absolute Gasteiger partial charge is 0.161 e. The Kier molecular flexibility index (Phi) is 3.67. The van der Waals surface area contributed by atoms with E-state index in [0.29, 0.717) is 24.3 Å². The fourth-order valence-electron chi connectivity index (χ4n) is 1.67. The molecule has 0 aromatic heterocycles. The van der Waals surface area contributed by atoms with E-state index in [1.807, 2.05) is 6.08 Å². The lowest BCUT2D eigenvalue weighted by atomic mass is 9.90. The second-order valence-corrected chi connectivity index (χ2v) is 4.12. The number of carbonyl (C=O) groups is 1. The first-order valence-electron chi connectivity index (χ1n) is 5.02. The van der Waals surface area contributed by atoms with E-state index in [0.717, 1.165) is 12.8 Å². The highest BCUT2D eigenvalue weighted by Gasteiger charge is 2.21. The molecule has 1 N–H and O–H groups in total. The maximum atomic E-state index is 11.4. The van der Waals surface area contributed by atoms with Gasteiger partial charge in [-0.05, 0) is 25.2 Å². The molecular formula is C11H18O2. The molecule has 1 aliphatic rings. The zero-order valence-electron chi connectivity index (χ0n) is 8.42. The van der Waals surface area contributed by atoms with Gasteiger partial charge in [-0.25, -0.2) is 0 Å². The molecule has 13 heavy (non-hydrogen) atoms. The van der Waals surface area contributed by atoms with E-state index >= 15 is 0 Å². The Morgan fingerprint density at radius 3 is 2.77 bits per heavy atom. The molecule has 0 aromatic carbocycles. The van der Waals surface area contributed by atoms with Crippen molar-refractivity contribution < 1.29 is 9.90 Å². The molecule has 0 spiro atoms. The summed E-state index contributed by atoms with van der Waals surface area (Å²) in [5.41, 5.74) is 0.653. The summed E-state index contributed by atoms with van der Waals surface area (Å²) in [6.07, 6.45) is 4.55. The van der Waals surface area contributed by atoms with Crippen LogP contribution in [-0.4, -0.2) is 17.0 Å². The quantitative estimate of drug-likeness (QED) is 0.725. The third kappa shape index (κ3) is 2.96. The van der Waals surface area contributed by atoms with Crippen molar-refractivity contribution in [1.82, 2.24) is 0 Å². The molecule has 0 fully saturated rings. The molecule has 0 aromatic rings. The molecular weight excluding hydrogens is 164 g/mol. The second kappa shape index (κ2) is 4.56. The molecule has 1 aliphatic carbocycles. The largest absolute Gasteiger partial charge is 0.388 e. The predicted octanol–water partition coefficient (Wildman–Crippen LogP) is 2.07. The van der Waals surface area contributed by atoms with E-state index < -0.39 is 6.10 Å². The van der Waals surface area contributed by atoms with Crippen molar-refractivity contribution in [2.75, 3.05) is 0 Å². The molecule has 0 aliphatic heterocycles. The summed E-state index contributed by atoms with van der Waals surface area (Å²) in [4.78, 5) is 11.4.